The number of benzene rings is 2. The minimum Gasteiger partial charge on any atom is -0.368 e. The second-order valence-corrected chi connectivity index (χ2v) is 10.8. The quantitative estimate of drug-likeness (QED) is 0.255. The largest absolute Gasteiger partial charge is 0.368 e. The topological polar surface area (TPSA) is 75.9 Å². The Morgan fingerprint density at radius 2 is 1.82 bits per heavy atom. The third kappa shape index (κ3) is 4.13. The van der Waals surface area contributed by atoms with Crippen LogP contribution in [0, 0.1) is 5.92 Å². The maximum Gasteiger partial charge on any atom is 0.116 e. The molecule has 5 aromatic rings. The second-order valence-electron chi connectivity index (χ2n) is 10.8. The van der Waals surface area contributed by atoms with Gasteiger partial charge in [0.15, 0.2) is 0 Å². The van der Waals surface area contributed by atoms with Crippen LogP contribution in [-0.4, -0.2) is 58.3 Å². The summed E-state index contributed by atoms with van der Waals surface area (Å²) in [5.74, 6) is 0.580. The lowest BCUT2D eigenvalue weighted by atomic mass is 9.83. The van der Waals surface area contributed by atoms with Gasteiger partial charge in [0.05, 0.1) is 23.1 Å². The van der Waals surface area contributed by atoms with Gasteiger partial charge in [0, 0.05) is 65.6 Å². The Morgan fingerprint density at radius 1 is 0.947 bits per heavy atom. The number of fused-ring (bicyclic) bond motifs is 2. The Balaban J connectivity index is 1.22. The van der Waals surface area contributed by atoms with Crippen molar-refractivity contribution in [2.24, 2.45) is 5.92 Å². The van der Waals surface area contributed by atoms with E-state index in [9.17, 15) is 0 Å². The summed E-state index contributed by atoms with van der Waals surface area (Å²) < 4.78 is 0. The molecule has 38 heavy (non-hydrogen) atoms. The van der Waals surface area contributed by atoms with Gasteiger partial charge in [0.25, 0.3) is 0 Å². The van der Waals surface area contributed by atoms with Crippen molar-refractivity contribution in [1.29, 1.82) is 0 Å². The average Bonchev–Trinajstić information content (AvgIpc) is 3.52. The molecule has 0 unspecified atom stereocenters. The standard InChI is InChI=1S/C31H33N7/c1-20(21-5-3-6-21)33-24-15-23(18-32-19-24)22-9-10-28-26(16-22)31(36-35-28)29-17-25-27(34-29)7-4-8-30(25)38-13-11-37(2)12-14-38/h4,7-10,15-19,21,33-34H,1,3,5-6,11-14H2,2H3,(H,35,36). The first-order valence-electron chi connectivity index (χ1n) is 13.6. The number of hydrogen-bond donors (Lipinski definition) is 3. The average molecular weight is 504 g/mol. The van der Waals surface area contributed by atoms with Crippen LogP contribution in [0.5, 0.6) is 0 Å². The van der Waals surface area contributed by atoms with E-state index in [1.165, 1.54) is 30.3 Å². The Bertz CT molecular complexity index is 1630. The Morgan fingerprint density at radius 3 is 2.63 bits per heavy atom. The number of allylic oxidation sites excluding steroid dienone is 1. The van der Waals surface area contributed by atoms with Gasteiger partial charge in [-0.2, -0.15) is 5.10 Å². The van der Waals surface area contributed by atoms with Gasteiger partial charge in [0.1, 0.15) is 5.69 Å². The number of likely N-dealkylation sites (N-methyl/N-ethyl adjacent to an activating group) is 1. The van der Waals surface area contributed by atoms with Crippen molar-refractivity contribution in [1.82, 2.24) is 25.1 Å². The molecular weight excluding hydrogens is 470 g/mol. The maximum absolute atomic E-state index is 4.72. The fourth-order valence-corrected chi connectivity index (χ4v) is 5.70. The summed E-state index contributed by atoms with van der Waals surface area (Å²) in [6, 6.07) is 17.4. The normalized spacial score (nSPS) is 16.7. The first kappa shape index (κ1) is 23.0. The molecule has 1 saturated heterocycles. The summed E-state index contributed by atoms with van der Waals surface area (Å²) >= 11 is 0. The molecule has 0 spiro atoms. The molecule has 3 aromatic heterocycles. The van der Waals surface area contributed by atoms with E-state index >= 15 is 0 Å². The van der Waals surface area contributed by atoms with Crippen molar-refractivity contribution in [2.75, 3.05) is 43.4 Å². The Hall–Kier alpha value is -4.10. The molecule has 7 rings (SSSR count). The van der Waals surface area contributed by atoms with E-state index in [0.717, 1.165) is 76.5 Å². The zero-order valence-electron chi connectivity index (χ0n) is 21.8. The third-order valence-electron chi connectivity index (χ3n) is 8.28. The molecule has 4 heterocycles. The SMILES string of the molecule is C=C(Nc1cncc(-c2ccc3[nH]nc(-c4cc5c(N6CCN(C)CC6)cccc5[nH]4)c3c2)c1)C1CCC1. The summed E-state index contributed by atoms with van der Waals surface area (Å²) in [5.41, 5.74) is 9.66. The first-order chi connectivity index (χ1) is 18.6. The molecule has 2 aliphatic rings. The van der Waals surface area contributed by atoms with Gasteiger partial charge >= 0.3 is 0 Å². The van der Waals surface area contributed by atoms with Gasteiger partial charge in [-0.1, -0.05) is 25.1 Å². The smallest absolute Gasteiger partial charge is 0.116 e. The van der Waals surface area contributed by atoms with Crippen molar-refractivity contribution in [3.63, 3.8) is 0 Å². The minimum atomic E-state index is 0.580. The van der Waals surface area contributed by atoms with Crippen LogP contribution in [0.25, 0.3) is 44.3 Å². The maximum atomic E-state index is 4.72. The Kier molecular flexibility index (Phi) is 5.66. The van der Waals surface area contributed by atoms with Crippen molar-refractivity contribution in [2.45, 2.75) is 19.3 Å². The molecule has 2 aromatic carbocycles. The molecule has 0 amide bonds. The number of H-pyrrole nitrogens is 2. The summed E-state index contributed by atoms with van der Waals surface area (Å²) in [6.45, 7) is 8.50. The zero-order chi connectivity index (χ0) is 25.6. The molecule has 0 atom stereocenters. The van der Waals surface area contributed by atoms with Crippen molar-refractivity contribution in [3.05, 3.63) is 73.2 Å². The lowest BCUT2D eigenvalue weighted by Crippen LogP contribution is -2.44. The number of rotatable bonds is 6. The fourth-order valence-electron chi connectivity index (χ4n) is 5.70. The van der Waals surface area contributed by atoms with E-state index in [-0.39, 0.29) is 0 Å². The molecular formula is C31H33N7. The van der Waals surface area contributed by atoms with E-state index in [2.05, 4.69) is 92.3 Å². The Labute approximate surface area is 222 Å². The van der Waals surface area contributed by atoms with E-state index < -0.39 is 0 Å². The summed E-state index contributed by atoms with van der Waals surface area (Å²) in [4.78, 5) is 13.0. The van der Waals surface area contributed by atoms with E-state index in [1.54, 1.807) is 0 Å². The highest BCUT2D eigenvalue weighted by Gasteiger charge is 2.21. The van der Waals surface area contributed by atoms with Crippen LogP contribution in [0.15, 0.2) is 73.2 Å². The zero-order valence-corrected chi connectivity index (χ0v) is 21.8. The third-order valence-corrected chi connectivity index (χ3v) is 8.28. The van der Waals surface area contributed by atoms with Gasteiger partial charge in [-0.25, -0.2) is 0 Å². The molecule has 2 fully saturated rings. The van der Waals surface area contributed by atoms with Crippen LogP contribution in [0.4, 0.5) is 11.4 Å². The molecule has 1 aliphatic carbocycles. The number of aromatic amines is 2. The molecule has 7 heteroatoms. The highest BCUT2D eigenvalue weighted by Crippen LogP contribution is 2.36. The lowest BCUT2D eigenvalue weighted by Gasteiger charge is -2.34. The monoisotopic (exact) mass is 503 g/mol. The predicted molar refractivity (Wildman–Crippen MR) is 156 cm³/mol. The van der Waals surface area contributed by atoms with Gasteiger partial charge in [-0.3, -0.25) is 10.1 Å². The van der Waals surface area contributed by atoms with Gasteiger partial charge in [-0.15, -0.1) is 0 Å². The number of aromatic nitrogens is 4. The summed E-state index contributed by atoms with van der Waals surface area (Å²) in [6.07, 6.45) is 7.54. The molecule has 3 N–H and O–H groups in total. The number of hydrogen-bond acceptors (Lipinski definition) is 5. The van der Waals surface area contributed by atoms with Crippen molar-refractivity contribution >= 4 is 33.2 Å². The number of nitrogens with one attached hydrogen (secondary N) is 3. The number of anilines is 2. The number of piperazine rings is 1. The van der Waals surface area contributed by atoms with Gasteiger partial charge < -0.3 is 20.1 Å². The van der Waals surface area contributed by atoms with Crippen LogP contribution in [0.1, 0.15) is 19.3 Å². The van der Waals surface area contributed by atoms with Crippen LogP contribution in [0.2, 0.25) is 0 Å². The number of pyridine rings is 1. The van der Waals surface area contributed by atoms with E-state index in [1.807, 2.05) is 12.4 Å². The highest BCUT2D eigenvalue weighted by molar-refractivity contribution is 6.01. The summed E-state index contributed by atoms with van der Waals surface area (Å²) in [7, 11) is 2.19. The summed E-state index contributed by atoms with van der Waals surface area (Å²) in [5, 5.41) is 13.8. The second kappa shape index (κ2) is 9.33. The van der Waals surface area contributed by atoms with Crippen molar-refractivity contribution < 1.29 is 0 Å². The fraction of sp³-hybridized carbons (Fsp3) is 0.290. The van der Waals surface area contributed by atoms with Crippen LogP contribution < -0.4 is 10.2 Å². The van der Waals surface area contributed by atoms with Crippen LogP contribution in [-0.2, 0) is 0 Å². The van der Waals surface area contributed by atoms with Gasteiger partial charge in [-0.05, 0) is 67.8 Å². The lowest BCUT2D eigenvalue weighted by molar-refractivity contribution is 0.313. The molecule has 7 nitrogen and oxygen atoms in total. The van der Waals surface area contributed by atoms with Gasteiger partial charge in [0.2, 0.25) is 0 Å². The predicted octanol–water partition coefficient (Wildman–Crippen LogP) is 6.25. The van der Waals surface area contributed by atoms with Crippen LogP contribution >= 0.6 is 0 Å². The molecule has 1 aliphatic heterocycles. The highest BCUT2D eigenvalue weighted by atomic mass is 15.2. The van der Waals surface area contributed by atoms with E-state index in [0.29, 0.717) is 5.92 Å². The minimum absolute atomic E-state index is 0.580. The molecule has 192 valence electrons. The molecule has 0 radical (unpaired) electrons. The van der Waals surface area contributed by atoms with E-state index in [4.69, 9.17) is 5.10 Å². The number of nitrogens with zero attached hydrogens (tertiary/aromatic N) is 4. The van der Waals surface area contributed by atoms with Crippen LogP contribution in [0.3, 0.4) is 0 Å². The van der Waals surface area contributed by atoms with Crippen molar-refractivity contribution in [3.8, 4) is 22.5 Å². The first-order valence-corrected chi connectivity index (χ1v) is 13.6. The molecule has 1 saturated carbocycles. The molecule has 0 bridgehead atoms.